The van der Waals surface area contributed by atoms with Crippen LogP contribution in [-0.2, 0) is 10.2 Å². The Morgan fingerprint density at radius 1 is 1.26 bits per heavy atom. The first-order chi connectivity index (χ1) is 15.9. The number of aromatic nitrogens is 1. The van der Waals surface area contributed by atoms with Gasteiger partial charge >= 0.3 is 6.36 Å². The van der Waals surface area contributed by atoms with Crippen molar-refractivity contribution in [1.29, 1.82) is 0 Å². The van der Waals surface area contributed by atoms with Gasteiger partial charge in [-0.25, -0.2) is 0 Å². The number of allylic oxidation sites excluding steroid dienone is 4. The number of aliphatic hydroxyl groups is 2. The van der Waals surface area contributed by atoms with Crippen LogP contribution in [-0.4, -0.2) is 46.7 Å². The minimum absolute atomic E-state index is 0.0140. The zero-order chi connectivity index (χ0) is 24.6. The van der Waals surface area contributed by atoms with E-state index in [1.54, 1.807) is 6.92 Å². The summed E-state index contributed by atoms with van der Waals surface area (Å²) in [4.78, 5) is 16.8. The third-order valence-corrected chi connectivity index (χ3v) is 7.24. The van der Waals surface area contributed by atoms with Crippen LogP contribution in [0.1, 0.15) is 43.2 Å². The molecule has 1 aromatic carbocycles. The third-order valence-electron chi connectivity index (χ3n) is 7.24. The van der Waals surface area contributed by atoms with Gasteiger partial charge in [-0.05, 0) is 36.1 Å². The number of ketones is 1. The summed E-state index contributed by atoms with van der Waals surface area (Å²) >= 11 is 0. The lowest BCUT2D eigenvalue weighted by Crippen LogP contribution is -2.33. The molecule has 0 saturated heterocycles. The van der Waals surface area contributed by atoms with Crippen molar-refractivity contribution in [2.75, 3.05) is 13.2 Å². The predicted molar refractivity (Wildman–Crippen MR) is 117 cm³/mol. The normalized spacial score (nSPS) is 24.7. The van der Waals surface area contributed by atoms with E-state index in [4.69, 9.17) is 4.74 Å². The van der Waals surface area contributed by atoms with Gasteiger partial charge in [0.2, 0.25) is 0 Å². The van der Waals surface area contributed by atoms with Crippen LogP contribution in [0.25, 0.3) is 10.9 Å². The van der Waals surface area contributed by atoms with Crippen LogP contribution >= 0.6 is 0 Å². The van der Waals surface area contributed by atoms with Crippen LogP contribution in [0.15, 0.2) is 41.2 Å². The van der Waals surface area contributed by atoms with Crippen molar-refractivity contribution in [2.24, 2.45) is 17.8 Å². The maximum absolute atomic E-state index is 13.6. The summed E-state index contributed by atoms with van der Waals surface area (Å²) in [6.07, 6.45) is -2.97. The smallest absolute Gasteiger partial charge is 0.495 e. The summed E-state index contributed by atoms with van der Waals surface area (Å²) in [6.45, 7) is 5.57. The molecule has 1 aromatic heterocycles. The van der Waals surface area contributed by atoms with E-state index in [-0.39, 0.29) is 42.5 Å². The number of aliphatic hydroxyl groups excluding tert-OH is 2. The van der Waals surface area contributed by atoms with Crippen LogP contribution < -0.4 is 4.74 Å². The molecule has 5 rings (SSSR count). The Morgan fingerprint density at radius 3 is 2.68 bits per heavy atom. The molecule has 3 aliphatic rings. The van der Waals surface area contributed by atoms with Crippen molar-refractivity contribution >= 4 is 16.7 Å². The highest BCUT2D eigenvalue weighted by Gasteiger charge is 2.54. The first-order valence-corrected chi connectivity index (χ1v) is 11.3. The van der Waals surface area contributed by atoms with Crippen molar-refractivity contribution in [3.8, 4) is 5.75 Å². The Labute approximate surface area is 194 Å². The van der Waals surface area contributed by atoms with Gasteiger partial charge in [0, 0.05) is 46.6 Å². The van der Waals surface area contributed by atoms with Gasteiger partial charge < -0.3 is 24.7 Å². The molecular formula is C25H26F3NO5. The summed E-state index contributed by atoms with van der Waals surface area (Å²) in [5.74, 6) is 0.0108. The fourth-order valence-electron chi connectivity index (χ4n) is 5.13. The lowest BCUT2D eigenvalue weighted by molar-refractivity contribution is -0.274. The number of hydrogen-bond donors (Lipinski definition) is 3. The maximum Gasteiger partial charge on any atom is 0.573 e. The Balaban J connectivity index is 1.52. The third kappa shape index (κ3) is 3.62. The SMILES string of the molecule is CC(CO)[C@H](O)COC1=CC2=C(C(=O)c3c([nH]c4cc(OC(F)(F)F)ccc34)C2(C)C)C2CC12. The first kappa shape index (κ1) is 23.0. The monoisotopic (exact) mass is 477 g/mol. The van der Waals surface area contributed by atoms with E-state index in [0.717, 1.165) is 17.6 Å². The van der Waals surface area contributed by atoms with Gasteiger partial charge in [0.15, 0.2) is 5.78 Å². The molecule has 3 N–H and O–H groups in total. The summed E-state index contributed by atoms with van der Waals surface area (Å²) in [5, 5.41) is 20.0. The van der Waals surface area contributed by atoms with E-state index >= 15 is 0 Å². The van der Waals surface area contributed by atoms with Gasteiger partial charge in [-0.3, -0.25) is 4.79 Å². The summed E-state index contributed by atoms with van der Waals surface area (Å²) in [5.41, 5.74) is 2.47. The quantitative estimate of drug-likeness (QED) is 0.575. The number of alkyl halides is 3. The van der Waals surface area contributed by atoms with E-state index in [9.17, 15) is 28.2 Å². The molecule has 0 bridgehead atoms. The van der Waals surface area contributed by atoms with Gasteiger partial charge in [-0.1, -0.05) is 20.8 Å². The number of Topliss-reactive ketones (excluding diaryl/α,β-unsaturated/α-hetero) is 1. The topological polar surface area (TPSA) is 91.8 Å². The molecule has 1 fully saturated rings. The summed E-state index contributed by atoms with van der Waals surface area (Å²) in [6, 6.07) is 3.98. The molecule has 4 atom stereocenters. The number of carbonyl (C=O) groups excluding carboxylic acids is 1. The molecule has 6 nitrogen and oxygen atoms in total. The van der Waals surface area contributed by atoms with Crippen molar-refractivity contribution in [1.82, 2.24) is 4.98 Å². The van der Waals surface area contributed by atoms with Crippen molar-refractivity contribution in [3.63, 3.8) is 0 Å². The largest absolute Gasteiger partial charge is 0.573 e. The fraction of sp³-hybridized carbons (Fsp3) is 0.480. The maximum atomic E-state index is 13.6. The number of H-pyrrole nitrogens is 1. The Bertz CT molecular complexity index is 1240. The average molecular weight is 477 g/mol. The number of ether oxygens (including phenoxy) is 2. The molecule has 34 heavy (non-hydrogen) atoms. The van der Waals surface area contributed by atoms with E-state index in [1.807, 2.05) is 19.9 Å². The number of hydrogen-bond acceptors (Lipinski definition) is 5. The van der Waals surface area contributed by atoms with Gasteiger partial charge in [-0.15, -0.1) is 13.2 Å². The fourth-order valence-corrected chi connectivity index (χ4v) is 5.13. The van der Waals surface area contributed by atoms with Gasteiger partial charge in [-0.2, -0.15) is 0 Å². The van der Waals surface area contributed by atoms with E-state index in [1.165, 1.54) is 18.2 Å². The Kier molecular flexibility index (Phi) is 5.15. The molecule has 0 radical (unpaired) electrons. The average Bonchev–Trinajstić information content (AvgIpc) is 3.46. The second-order valence-corrected chi connectivity index (χ2v) is 9.95. The molecule has 0 spiro atoms. The van der Waals surface area contributed by atoms with Crippen LogP contribution in [0, 0.1) is 17.8 Å². The predicted octanol–water partition coefficient (Wildman–Crippen LogP) is 4.38. The first-order valence-electron chi connectivity index (χ1n) is 11.3. The van der Waals surface area contributed by atoms with Gasteiger partial charge in [0.1, 0.15) is 18.1 Å². The van der Waals surface area contributed by atoms with Crippen LogP contribution in [0.2, 0.25) is 0 Å². The van der Waals surface area contributed by atoms with E-state index in [0.29, 0.717) is 27.9 Å². The molecule has 2 aromatic rings. The highest BCUT2D eigenvalue weighted by Crippen LogP contribution is 2.59. The number of nitrogens with one attached hydrogen (secondary N) is 1. The lowest BCUT2D eigenvalue weighted by atomic mass is 9.68. The molecule has 3 unspecified atom stereocenters. The van der Waals surface area contributed by atoms with Gasteiger partial charge in [0.25, 0.3) is 0 Å². The number of aromatic amines is 1. The number of rotatable bonds is 6. The zero-order valence-electron chi connectivity index (χ0n) is 19.0. The standard InChI is InChI=1S/C25H26F3NO5/c1-11(9-30)18(31)10-33-19-8-16-20(15-7-14(15)19)22(32)21-13-5-4-12(34-25(26,27)28)6-17(13)29-23(21)24(16,2)3/h4-6,8,11,14-15,18,29-31H,7,9-10H2,1-3H3/t11?,14?,15?,18-/m1/s1. The number of carbonyl (C=O) groups is 1. The molecule has 3 aliphatic carbocycles. The zero-order valence-corrected chi connectivity index (χ0v) is 19.0. The van der Waals surface area contributed by atoms with Crippen molar-refractivity contribution < 1.29 is 37.7 Å². The minimum Gasteiger partial charge on any atom is -0.495 e. The highest BCUT2D eigenvalue weighted by molar-refractivity contribution is 6.20. The van der Waals surface area contributed by atoms with Gasteiger partial charge in [0.05, 0.1) is 17.2 Å². The second kappa shape index (κ2) is 7.61. The second-order valence-electron chi connectivity index (χ2n) is 9.95. The molecule has 182 valence electrons. The van der Waals surface area contributed by atoms with E-state index in [2.05, 4.69) is 9.72 Å². The Hall–Kier alpha value is -2.78. The molecule has 1 heterocycles. The molecule has 0 aliphatic heterocycles. The molecule has 1 saturated carbocycles. The summed E-state index contributed by atoms with van der Waals surface area (Å²) in [7, 11) is 0. The van der Waals surface area contributed by atoms with Crippen LogP contribution in [0.3, 0.4) is 0 Å². The number of halogens is 3. The van der Waals surface area contributed by atoms with Crippen LogP contribution in [0.4, 0.5) is 13.2 Å². The van der Waals surface area contributed by atoms with Crippen LogP contribution in [0.5, 0.6) is 5.75 Å². The number of benzene rings is 1. The Morgan fingerprint density at radius 2 is 2.00 bits per heavy atom. The lowest BCUT2D eigenvalue weighted by Gasteiger charge is -2.35. The molecule has 9 heteroatoms. The molecular weight excluding hydrogens is 451 g/mol. The van der Waals surface area contributed by atoms with Crippen molar-refractivity contribution in [3.05, 3.63) is 52.4 Å². The van der Waals surface area contributed by atoms with Crippen molar-refractivity contribution in [2.45, 2.75) is 45.1 Å². The minimum atomic E-state index is -4.81. The highest BCUT2D eigenvalue weighted by atomic mass is 19.4. The number of fused-ring (bicyclic) bond motifs is 5. The van der Waals surface area contributed by atoms with E-state index < -0.39 is 17.9 Å². The summed E-state index contributed by atoms with van der Waals surface area (Å²) < 4.78 is 48.0. The molecule has 0 amide bonds.